The second-order valence-corrected chi connectivity index (χ2v) is 5.82. The van der Waals surface area contributed by atoms with Crippen molar-refractivity contribution >= 4 is 40.3 Å². The Kier molecular flexibility index (Phi) is 2.01. The predicted molar refractivity (Wildman–Crippen MR) is 67.2 cm³/mol. The summed E-state index contributed by atoms with van der Waals surface area (Å²) < 4.78 is 1.02. The summed E-state index contributed by atoms with van der Waals surface area (Å²) in [6, 6.07) is 4.10. The Morgan fingerprint density at radius 2 is 2.25 bits per heavy atom. The summed E-state index contributed by atoms with van der Waals surface area (Å²) in [4.78, 5) is 17.7. The zero-order chi connectivity index (χ0) is 11.5. The standard InChI is InChI=1S/C11H11BBrNO2/c1-11(2)10(15)14-9-6(5-16-14)8(13)4-3-7(9)12-11/h3-4,12H,5H2,1-2H3. The molecule has 0 bridgehead atoms. The Hall–Kier alpha value is -0.805. The summed E-state index contributed by atoms with van der Waals surface area (Å²) in [5.74, 6) is 0.0526. The maximum absolute atomic E-state index is 12.2. The van der Waals surface area contributed by atoms with E-state index in [0.717, 1.165) is 23.0 Å². The normalized spacial score (nSPS) is 20.7. The maximum atomic E-state index is 12.2. The quantitative estimate of drug-likeness (QED) is 0.674. The molecule has 0 N–H and O–H groups in total. The highest BCUT2D eigenvalue weighted by Gasteiger charge is 2.44. The molecule has 0 spiro atoms. The smallest absolute Gasteiger partial charge is 0.249 e. The van der Waals surface area contributed by atoms with Crippen LogP contribution in [0.15, 0.2) is 16.6 Å². The highest BCUT2D eigenvalue weighted by atomic mass is 79.9. The van der Waals surface area contributed by atoms with Crippen molar-refractivity contribution in [3.05, 3.63) is 22.2 Å². The molecule has 2 aliphatic rings. The van der Waals surface area contributed by atoms with Crippen LogP contribution in [0.4, 0.5) is 5.69 Å². The number of rotatable bonds is 0. The molecule has 1 aromatic carbocycles. The van der Waals surface area contributed by atoms with E-state index in [0.29, 0.717) is 6.61 Å². The zero-order valence-electron chi connectivity index (χ0n) is 9.21. The Morgan fingerprint density at radius 3 is 3.00 bits per heavy atom. The van der Waals surface area contributed by atoms with E-state index in [4.69, 9.17) is 4.84 Å². The van der Waals surface area contributed by atoms with Crippen molar-refractivity contribution in [3.63, 3.8) is 0 Å². The lowest BCUT2D eigenvalue weighted by Gasteiger charge is -2.34. The molecular weight excluding hydrogens is 269 g/mol. The molecule has 5 heteroatoms. The number of hydrogen-bond acceptors (Lipinski definition) is 2. The van der Waals surface area contributed by atoms with E-state index in [-0.39, 0.29) is 11.2 Å². The molecule has 0 fully saturated rings. The molecule has 3 nitrogen and oxygen atoms in total. The number of benzene rings is 1. The molecule has 0 aliphatic carbocycles. The zero-order valence-corrected chi connectivity index (χ0v) is 10.8. The van der Waals surface area contributed by atoms with E-state index in [1.165, 1.54) is 10.5 Å². The number of hydroxylamine groups is 1. The first-order chi connectivity index (χ1) is 7.50. The molecule has 0 unspecified atom stereocenters. The van der Waals surface area contributed by atoms with Gasteiger partial charge in [0, 0.05) is 15.4 Å². The number of halogens is 1. The van der Waals surface area contributed by atoms with E-state index in [9.17, 15) is 4.79 Å². The number of nitrogens with zero attached hydrogens (tertiary/aromatic N) is 1. The monoisotopic (exact) mass is 279 g/mol. The third-order valence-corrected chi connectivity index (χ3v) is 3.99. The Balaban J connectivity index is 2.24. The van der Waals surface area contributed by atoms with Gasteiger partial charge in [0.1, 0.15) is 6.61 Å². The molecule has 1 aromatic rings. The van der Waals surface area contributed by atoms with Gasteiger partial charge in [-0.2, -0.15) is 5.06 Å². The number of amides is 1. The van der Waals surface area contributed by atoms with Crippen LogP contribution < -0.4 is 10.5 Å². The summed E-state index contributed by atoms with van der Waals surface area (Å²) in [5.41, 5.74) is 3.24. The van der Waals surface area contributed by atoms with Crippen LogP contribution in [-0.2, 0) is 16.2 Å². The number of carbonyl (C=O) groups is 1. The number of hydrogen-bond donors (Lipinski definition) is 0. The fraction of sp³-hybridized carbons (Fsp3) is 0.364. The third-order valence-electron chi connectivity index (χ3n) is 3.25. The van der Waals surface area contributed by atoms with E-state index in [1.807, 2.05) is 19.9 Å². The number of anilines is 1. The van der Waals surface area contributed by atoms with Crippen molar-refractivity contribution < 1.29 is 9.63 Å². The van der Waals surface area contributed by atoms with Gasteiger partial charge in [-0.3, -0.25) is 9.63 Å². The SMILES string of the molecule is CC1(C)Bc2ccc(Br)c3c2N(OC3)C1=O. The number of carbonyl (C=O) groups excluding carboxylic acids is 1. The van der Waals surface area contributed by atoms with Gasteiger partial charge in [0.05, 0.1) is 5.69 Å². The van der Waals surface area contributed by atoms with E-state index in [2.05, 4.69) is 22.0 Å². The average Bonchev–Trinajstić information content (AvgIpc) is 2.65. The van der Waals surface area contributed by atoms with Gasteiger partial charge >= 0.3 is 0 Å². The molecule has 0 saturated carbocycles. The van der Waals surface area contributed by atoms with Crippen molar-refractivity contribution in [1.82, 2.24) is 0 Å². The fourth-order valence-electron chi connectivity index (χ4n) is 2.37. The minimum absolute atomic E-state index is 0.0526. The van der Waals surface area contributed by atoms with Gasteiger partial charge in [0.2, 0.25) is 5.91 Å². The fourth-order valence-corrected chi connectivity index (χ4v) is 2.81. The van der Waals surface area contributed by atoms with Gasteiger partial charge in [-0.1, -0.05) is 41.3 Å². The minimum atomic E-state index is -0.373. The van der Waals surface area contributed by atoms with E-state index >= 15 is 0 Å². The van der Waals surface area contributed by atoms with Gasteiger partial charge in [-0.15, -0.1) is 0 Å². The van der Waals surface area contributed by atoms with Gasteiger partial charge < -0.3 is 0 Å². The molecule has 0 atom stereocenters. The molecule has 82 valence electrons. The van der Waals surface area contributed by atoms with Crippen LogP contribution in [-0.4, -0.2) is 13.2 Å². The van der Waals surface area contributed by atoms with Gasteiger partial charge in [-0.25, -0.2) is 0 Å². The largest absolute Gasteiger partial charge is 0.272 e. The van der Waals surface area contributed by atoms with Crippen molar-refractivity contribution in [2.75, 3.05) is 5.06 Å². The van der Waals surface area contributed by atoms with Crippen LogP contribution in [0.3, 0.4) is 0 Å². The first-order valence-corrected chi connectivity index (χ1v) is 6.08. The lowest BCUT2D eigenvalue weighted by Crippen LogP contribution is -2.48. The van der Waals surface area contributed by atoms with Crippen molar-refractivity contribution in [2.24, 2.45) is 0 Å². The highest BCUT2D eigenvalue weighted by Crippen LogP contribution is 2.41. The lowest BCUT2D eigenvalue weighted by atomic mass is 9.47. The molecule has 16 heavy (non-hydrogen) atoms. The highest BCUT2D eigenvalue weighted by molar-refractivity contribution is 9.10. The van der Waals surface area contributed by atoms with Crippen molar-refractivity contribution in [3.8, 4) is 0 Å². The predicted octanol–water partition coefficient (Wildman–Crippen LogP) is 1.50. The minimum Gasteiger partial charge on any atom is -0.272 e. The van der Waals surface area contributed by atoms with Crippen LogP contribution in [0.5, 0.6) is 0 Å². The molecule has 2 aliphatic heterocycles. The average molecular weight is 280 g/mol. The van der Waals surface area contributed by atoms with Crippen LogP contribution in [0.2, 0.25) is 5.31 Å². The van der Waals surface area contributed by atoms with Crippen LogP contribution in [0.1, 0.15) is 19.4 Å². The topological polar surface area (TPSA) is 29.5 Å². The van der Waals surface area contributed by atoms with Gasteiger partial charge in [0.15, 0.2) is 7.28 Å². The summed E-state index contributed by atoms with van der Waals surface area (Å²) in [6.45, 7) is 4.40. The second-order valence-electron chi connectivity index (χ2n) is 4.97. The summed E-state index contributed by atoms with van der Waals surface area (Å²) >= 11 is 3.49. The van der Waals surface area contributed by atoms with Crippen molar-refractivity contribution in [1.29, 1.82) is 0 Å². The molecule has 0 radical (unpaired) electrons. The summed E-state index contributed by atoms with van der Waals surface area (Å²) in [7, 11) is 0.779. The van der Waals surface area contributed by atoms with E-state index < -0.39 is 0 Å². The molecule has 0 saturated heterocycles. The lowest BCUT2D eigenvalue weighted by molar-refractivity contribution is -0.128. The van der Waals surface area contributed by atoms with Crippen LogP contribution in [0.25, 0.3) is 0 Å². The second kappa shape index (κ2) is 3.11. The van der Waals surface area contributed by atoms with Gasteiger partial charge in [-0.05, 0) is 6.07 Å². The summed E-state index contributed by atoms with van der Waals surface area (Å²) in [6.07, 6.45) is 0. The maximum Gasteiger partial charge on any atom is 0.249 e. The van der Waals surface area contributed by atoms with Gasteiger partial charge in [0.25, 0.3) is 0 Å². The molecular formula is C11H11BBrNO2. The third kappa shape index (κ3) is 1.21. The first kappa shape index (κ1) is 10.4. The first-order valence-electron chi connectivity index (χ1n) is 5.28. The molecule has 3 rings (SSSR count). The Morgan fingerprint density at radius 1 is 1.50 bits per heavy atom. The summed E-state index contributed by atoms with van der Waals surface area (Å²) in [5, 5.41) is 1.10. The van der Waals surface area contributed by atoms with Crippen molar-refractivity contribution in [2.45, 2.75) is 25.8 Å². The van der Waals surface area contributed by atoms with Crippen LogP contribution >= 0.6 is 15.9 Å². The van der Waals surface area contributed by atoms with E-state index in [1.54, 1.807) is 0 Å². The molecule has 2 heterocycles. The Labute approximate surface area is 103 Å². The Bertz CT molecular complexity index is 501. The van der Waals surface area contributed by atoms with Crippen LogP contribution in [0, 0.1) is 0 Å². The molecule has 0 aromatic heterocycles. The molecule has 1 amide bonds.